The number of rotatable bonds is 6. The van der Waals surface area contributed by atoms with Gasteiger partial charge in [0.1, 0.15) is 5.75 Å². The van der Waals surface area contributed by atoms with Crippen LogP contribution in [0, 0.1) is 10.1 Å². The summed E-state index contributed by atoms with van der Waals surface area (Å²) in [6.45, 7) is 2.25. The SMILES string of the molecule is CCCN1C(=O)COc2ccc(C(=O)CN3C(=O)CCc4cc([N+](=O)[O-])ccc43)cc21. The maximum absolute atomic E-state index is 13.0. The van der Waals surface area contributed by atoms with Gasteiger partial charge in [-0.2, -0.15) is 0 Å². The number of ether oxygens (including phenoxy) is 1. The van der Waals surface area contributed by atoms with Gasteiger partial charge in [-0.15, -0.1) is 0 Å². The molecule has 160 valence electrons. The summed E-state index contributed by atoms with van der Waals surface area (Å²) < 4.78 is 5.47. The summed E-state index contributed by atoms with van der Waals surface area (Å²) >= 11 is 0. The Morgan fingerprint density at radius 2 is 1.87 bits per heavy atom. The zero-order chi connectivity index (χ0) is 22.1. The lowest BCUT2D eigenvalue weighted by Crippen LogP contribution is -2.40. The van der Waals surface area contributed by atoms with Crippen LogP contribution in [0.4, 0.5) is 17.1 Å². The van der Waals surface area contributed by atoms with Crippen LogP contribution in [0.5, 0.6) is 5.75 Å². The van der Waals surface area contributed by atoms with Gasteiger partial charge < -0.3 is 14.5 Å². The Kier molecular flexibility index (Phi) is 5.41. The molecule has 2 amide bonds. The van der Waals surface area contributed by atoms with Gasteiger partial charge in [0, 0.05) is 36.3 Å². The highest BCUT2D eigenvalue weighted by molar-refractivity contribution is 6.08. The van der Waals surface area contributed by atoms with E-state index in [-0.39, 0.29) is 42.9 Å². The van der Waals surface area contributed by atoms with Crippen molar-refractivity contribution in [3.05, 3.63) is 57.6 Å². The molecule has 2 heterocycles. The molecule has 0 N–H and O–H groups in total. The molecule has 0 saturated carbocycles. The number of nitro benzene ring substituents is 1. The summed E-state index contributed by atoms with van der Waals surface area (Å²) in [5, 5.41) is 11.0. The lowest BCUT2D eigenvalue weighted by atomic mass is 9.99. The number of non-ortho nitro benzene ring substituents is 1. The Labute approximate surface area is 178 Å². The molecule has 31 heavy (non-hydrogen) atoms. The van der Waals surface area contributed by atoms with Crippen LogP contribution < -0.4 is 14.5 Å². The van der Waals surface area contributed by atoms with Crippen LogP contribution >= 0.6 is 0 Å². The average molecular weight is 423 g/mol. The first-order valence-electron chi connectivity index (χ1n) is 10.1. The van der Waals surface area contributed by atoms with Gasteiger partial charge in [-0.3, -0.25) is 24.5 Å². The van der Waals surface area contributed by atoms with Gasteiger partial charge in [-0.1, -0.05) is 6.92 Å². The van der Waals surface area contributed by atoms with Gasteiger partial charge in [0.2, 0.25) is 5.91 Å². The van der Waals surface area contributed by atoms with Crippen molar-refractivity contribution < 1.29 is 24.0 Å². The van der Waals surface area contributed by atoms with Crippen LogP contribution in [0.2, 0.25) is 0 Å². The molecule has 0 bridgehead atoms. The molecule has 0 radical (unpaired) electrons. The zero-order valence-corrected chi connectivity index (χ0v) is 17.0. The summed E-state index contributed by atoms with van der Waals surface area (Å²) in [7, 11) is 0. The summed E-state index contributed by atoms with van der Waals surface area (Å²) in [4.78, 5) is 51.3. The molecule has 0 saturated heterocycles. The minimum absolute atomic E-state index is 0.0362. The molecule has 0 fully saturated rings. The van der Waals surface area contributed by atoms with Crippen molar-refractivity contribution >= 4 is 34.7 Å². The molecular formula is C22H21N3O6. The molecule has 2 aliphatic rings. The van der Waals surface area contributed by atoms with Crippen LogP contribution in [0.3, 0.4) is 0 Å². The third-order valence-corrected chi connectivity index (χ3v) is 5.45. The highest BCUT2D eigenvalue weighted by atomic mass is 16.6. The fraction of sp³-hybridized carbons (Fsp3) is 0.318. The number of nitro groups is 1. The lowest BCUT2D eigenvalue weighted by Gasteiger charge is -2.30. The highest BCUT2D eigenvalue weighted by Gasteiger charge is 2.29. The highest BCUT2D eigenvalue weighted by Crippen LogP contribution is 2.34. The number of nitrogens with zero attached hydrogens (tertiary/aromatic N) is 3. The Morgan fingerprint density at radius 1 is 1.06 bits per heavy atom. The first-order chi connectivity index (χ1) is 14.9. The fourth-order valence-corrected chi connectivity index (χ4v) is 3.91. The molecule has 0 atom stereocenters. The minimum atomic E-state index is -0.481. The zero-order valence-electron chi connectivity index (χ0n) is 17.0. The van der Waals surface area contributed by atoms with E-state index in [1.807, 2.05) is 6.92 Å². The quantitative estimate of drug-likeness (QED) is 0.401. The Hall–Kier alpha value is -3.75. The third kappa shape index (κ3) is 3.86. The van der Waals surface area contributed by atoms with Crippen molar-refractivity contribution in [3.63, 3.8) is 0 Å². The van der Waals surface area contributed by atoms with E-state index in [1.54, 1.807) is 23.1 Å². The standard InChI is InChI=1S/C22H21N3O6/c1-2-9-23-18-11-15(3-7-20(18)31-13-22(23)28)19(26)12-24-17-6-5-16(25(29)30)10-14(17)4-8-21(24)27/h3,5-7,10-11H,2,4,8-9,12-13H2,1H3. The fourth-order valence-electron chi connectivity index (χ4n) is 3.91. The molecule has 0 aliphatic carbocycles. The van der Waals surface area contributed by atoms with Crippen molar-refractivity contribution in [1.29, 1.82) is 0 Å². The number of ketones is 1. The largest absolute Gasteiger partial charge is 0.482 e. The summed E-state index contributed by atoms with van der Waals surface area (Å²) in [6.07, 6.45) is 1.33. The molecular weight excluding hydrogens is 402 g/mol. The van der Waals surface area contributed by atoms with Gasteiger partial charge in [0.05, 0.1) is 17.2 Å². The first-order valence-corrected chi connectivity index (χ1v) is 10.1. The Bertz CT molecular complexity index is 1100. The maximum atomic E-state index is 13.0. The van der Waals surface area contributed by atoms with E-state index in [4.69, 9.17) is 4.74 Å². The van der Waals surface area contributed by atoms with Crippen molar-refractivity contribution in [1.82, 2.24) is 0 Å². The molecule has 2 aliphatic heterocycles. The van der Waals surface area contributed by atoms with Crippen molar-refractivity contribution in [3.8, 4) is 5.75 Å². The molecule has 0 aromatic heterocycles. The number of hydrogen-bond acceptors (Lipinski definition) is 6. The number of amides is 2. The summed E-state index contributed by atoms with van der Waals surface area (Å²) in [5.41, 5.74) is 2.04. The summed E-state index contributed by atoms with van der Waals surface area (Å²) in [5.74, 6) is -0.132. The van der Waals surface area contributed by atoms with Gasteiger partial charge in [0.15, 0.2) is 12.4 Å². The van der Waals surface area contributed by atoms with Crippen LogP contribution in [-0.2, 0) is 16.0 Å². The number of carbonyl (C=O) groups is 3. The van der Waals surface area contributed by atoms with Crippen LogP contribution in [0.15, 0.2) is 36.4 Å². The molecule has 0 spiro atoms. The number of benzene rings is 2. The van der Waals surface area contributed by atoms with E-state index >= 15 is 0 Å². The van der Waals surface area contributed by atoms with Crippen molar-refractivity contribution in [2.45, 2.75) is 26.2 Å². The van der Waals surface area contributed by atoms with E-state index in [0.717, 1.165) is 6.42 Å². The number of fused-ring (bicyclic) bond motifs is 2. The second kappa shape index (κ2) is 8.17. The third-order valence-electron chi connectivity index (χ3n) is 5.45. The number of aryl methyl sites for hydroxylation is 1. The van der Waals surface area contributed by atoms with Gasteiger partial charge in [0.25, 0.3) is 11.6 Å². The first kappa shape index (κ1) is 20.5. The van der Waals surface area contributed by atoms with E-state index < -0.39 is 4.92 Å². The summed E-state index contributed by atoms with van der Waals surface area (Å²) in [6, 6.07) is 9.19. The predicted octanol–water partition coefficient (Wildman–Crippen LogP) is 2.89. The number of hydrogen-bond donors (Lipinski definition) is 0. The van der Waals surface area contributed by atoms with E-state index in [1.165, 1.54) is 23.1 Å². The van der Waals surface area contributed by atoms with E-state index in [2.05, 4.69) is 0 Å². The molecule has 0 unspecified atom stereocenters. The lowest BCUT2D eigenvalue weighted by molar-refractivity contribution is -0.384. The van der Waals surface area contributed by atoms with Gasteiger partial charge in [-0.25, -0.2) is 0 Å². The molecule has 9 nitrogen and oxygen atoms in total. The van der Waals surface area contributed by atoms with Crippen LogP contribution in [0.1, 0.15) is 35.7 Å². The molecule has 4 rings (SSSR count). The Morgan fingerprint density at radius 3 is 2.61 bits per heavy atom. The molecule has 2 aromatic rings. The topological polar surface area (TPSA) is 110 Å². The Balaban J connectivity index is 1.61. The van der Waals surface area contributed by atoms with E-state index in [9.17, 15) is 24.5 Å². The maximum Gasteiger partial charge on any atom is 0.269 e. The second-order valence-corrected chi connectivity index (χ2v) is 7.49. The number of anilines is 2. The monoisotopic (exact) mass is 423 g/mol. The minimum Gasteiger partial charge on any atom is -0.482 e. The number of carbonyl (C=O) groups excluding carboxylic acids is 3. The molecule has 2 aromatic carbocycles. The van der Waals surface area contributed by atoms with Crippen LogP contribution in [-0.4, -0.2) is 42.2 Å². The van der Waals surface area contributed by atoms with Gasteiger partial charge >= 0.3 is 0 Å². The normalized spacial score (nSPS) is 15.3. The smallest absolute Gasteiger partial charge is 0.269 e. The average Bonchev–Trinajstić information content (AvgIpc) is 2.77. The number of Topliss-reactive ketones (excluding diaryl/α,β-unsaturated/α-hetero) is 1. The predicted molar refractivity (Wildman–Crippen MR) is 113 cm³/mol. The van der Waals surface area contributed by atoms with Gasteiger partial charge in [-0.05, 0) is 42.7 Å². The molecule has 9 heteroatoms. The van der Waals surface area contributed by atoms with Crippen molar-refractivity contribution in [2.24, 2.45) is 0 Å². The van der Waals surface area contributed by atoms with Crippen LogP contribution in [0.25, 0.3) is 0 Å². The van der Waals surface area contributed by atoms with Crippen molar-refractivity contribution in [2.75, 3.05) is 29.5 Å². The second-order valence-electron chi connectivity index (χ2n) is 7.49. The van der Waals surface area contributed by atoms with E-state index in [0.29, 0.717) is 41.2 Å².